The number of anilines is 3. The first kappa shape index (κ1) is 22.9. The molecule has 1 aromatic carbocycles. The molecule has 170 valence electrons. The van der Waals surface area contributed by atoms with Gasteiger partial charge in [-0.1, -0.05) is 30.3 Å². The number of piperidine rings is 1. The molecule has 1 aliphatic rings. The number of hydrogen-bond acceptors (Lipinski definition) is 8. The van der Waals surface area contributed by atoms with E-state index in [2.05, 4.69) is 9.98 Å². The minimum absolute atomic E-state index is 0.211. The van der Waals surface area contributed by atoms with E-state index in [1.54, 1.807) is 17.2 Å². The summed E-state index contributed by atoms with van der Waals surface area (Å²) in [7, 11) is 0. The molecule has 32 heavy (non-hydrogen) atoms. The van der Waals surface area contributed by atoms with Gasteiger partial charge in [0.2, 0.25) is 0 Å². The van der Waals surface area contributed by atoms with Crippen molar-refractivity contribution in [3.8, 4) is 0 Å². The lowest BCUT2D eigenvalue weighted by atomic mass is 9.97. The molecular weight excluding hydrogens is 406 g/mol. The number of carbonyl (C=O) groups is 1. The third kappa shape index (κ3) is 6.37. The summed E-state index contributed by atoms with van der Waals surface area (Å²) in [6.07, 6.45) is 5.22. The highest BCUT2D eigenvalue weighted by molar-refractivity contribution is 5.80. The van der Waals surface area contributed by atoms with Crippen molar-refractivity contribution in [3.05, 3.63) is 59.3 Å². The summed E-state index contributed by atoms with van der Waals surface area (Å²) in [6.45, 7) is 2.29. The summed E-state index contributed by atoms with van der Waals surface area (Å²) in [4.78, 5) is 22.5. The minimum Gasteiger partial charge on any atom is -0.445 e. The van der Waals surface area contributed by atoms with E-state index in [-0.39, 0.29) is 18.5 Å². The van der Waals surface area contributed by atoms with Gasteiger partial charge in [0.05, 0.1) is 5.69 Å². The number of amides is 1. The molecule has 9 heteroatoms. The number of ether oxygens (including phenoxy) is 1. The van der Waals surface area contributed by atoms with Gasteiger partial charge in [-0.05, 0) is 47.7 Å². The Morgan fingerprint density at radius 1 is 1.19 bits per heavy atom. The summed E-state index contributed by atoms with van der Waals surface area (Å²) in [5, 5.41) is 0. The number of hydrogen-bond donors (Lipinski definition) is 4. The highest BCUT2D eigenvalue weighted by atomic mass is 16.6. The van der Waals surface area contributed by atoms with Gasteiger partial charge in [-0.2, -0.15) is 0 Å². The number of nitrogen functional groups attached to an aromatic ring is 3. The van der Waals surface area contributed by atoms with Crippen molar-refractivity contribution in [2.75, 3.05) is 36.8 Å². The van der Waals surface area contributed by atoms with Crippen LogP contribution in [-0.2, 0) is 17.8 Å². The number of nitrogens with zero attached hydrogens (tertiary/aromatic N) is 3. The molecule has 2 heterocycles. The summed E-state index contributed by atoms with van der Waals surface area (Å²) >= 11 is 0. The molecule has 1 saturated heterocycles. The Morgan fingerprint density at radius 3 is 2.59 bits per heavy atom. The predicted molar refractivity (Wildman–Crippen MR) is 128 cm³/mol. The van der Waals surface area contributed by atoms with E-state index < -0.39 is 0 Å². The average molecular weight is 438 g/mol. The van der Waals surface area contributed by atoms with Crippen LogP contribution in [0, 0.1) is 5.92 Å². The van der Waals surface area contributed by atoms with Crippen molar-refractivity contribution in [1.29, 1.82) is 0 Å². The Kier molecular flexibility index (Phi) is 7.91. The lowest BCUT2D eigenvalue weighted by Gasteiger charge is -2.30. The molecule has 8 N–H and O–H groups in total. The summed E-state index contributed by atoms with van der Waals surface area (Å²) < 4.78 is 5.42. The van der Waals surface area contributed by atoms with Crippen LogP contribution in [0.15, 0.2) is 53.2 Å². The minimum atomic E-state index is -0.266. The normalized spacial score (nSPS) is 15.2. The summed E-state index contributed by atoms with van der Waals surface area (Å²) in [5.74, 6) is 0.928. The highest BCUT2D eigenvalue weighted by Crippen LogP contribution is 2.23. The number of rotatable bonds is 7. The number of pyridine rings is 1. The quantitative estimate of drug-likeness (QED) is 0.484. The molecule has 0 saturated carbocycles. The van der Waals surface area contributed by atoms with Crippen LogP contribution < -0.4 is 22.9 Å². The number of nitrogens with two attached hydrogens (primary N) is 4. The molecule has 1 aliphatic heterocycles. The van der Waals surface area contributed by atoms with Crippen LogP contribution in [-0.4, -0.2) is 41.8 Å². The number of allylic oxidation sites excluding steroid dienone is 1. The molecule has 1 fully saturated rings. The van der Waals surface area contributed by atoms with Crippen molar-refractivity contribution < 1.29 is 9.53 Å². The first-order valence-corrected chi connectivity index (χ1v) is 10.6. The Bertz CT molecular complexity index is 968. The van der Waals surface area contributed by atoms with E-state index in [0.717, 1.165) is 29.5 Å². The van der Waals surface area contributed by atoms with Crippen molar-refractivity contribution in [1.82, 2.24) is 9.88 Å². The van der Waals surface area contributed by atoms with E-state index in [4.69, 9.17) is 27.7 Å². The lowest BCUT2D eigenvalue weighted by Crippen LogP contribution is -2.39. The molecule has 2 aromatic rings. The highest BCUT2D eigenvalue weighted by Gasteiger charge is 2.23. The number of aliphatic imine (C=N–C) groups is 1. The van der Waals surface area contributed by atoms with Gasteiger partial charge in [-0.3, -0.25) is 4.99 Å². The first-order valence-electron chi connectivity index (χ1n) is 10.6. The molecule has 0 radical (unpaired) electrons. The Balaban J connectivity index is 1.43. The molecule has 0 bridgehead atoms. The zero-order chi connectivity index (χ0) is 22.9. The van der Waals surface area contributed by atoms with Crippen LogP contribution in [0.4, 0.5) is 22.1 Å². The van der Waals surface area contributed by atoms with Gasteiger partial charge >= 0.3 is 6.09 Å². The van der Waals surface area contributed by atoms with Gasteiger partial charge in [0, 0.05) is 32.3 Å². The van der Waals surface area contributed by atoms with Crippen molar-refractivity contribution >= 4 is 29.6 Å². The van der Waals surface area contributed by atoms with Crippen molar-refractivity contribution in [2.24, 2.45) is 16.6 Å². The summed E-state index contributed by atoms with van der Waals surface area (Å²) in [5.41, 5.74) is 26.2. The topological polar surface area (TPSA) is 159 Å². The second kappa shape index (κ2) is 11.0. The predicted octanol–water partition coefficient (Wildman–Crippen LogP) is 2.33. The first-order chi connectivity index (χ1) is 15.5. The molecular formula is C23H31N7O2. The van der Waals surface area contributed by atoms with Gasteiger partial charge < -0.3 is 32.6 Å². The van der Waals surface area contributed by atoms with E-state index in [9.17, 15) is 4.79 Å². The van der Waals surface area contributed by atoms with E-state index in [1.807, 2.05) is 30.3 Å². The van der Waals surface area contributed by atoms with Crippen LogP contribution in [0.2, 0.25) is 0 Å². The maximum absolute atomic E-state index is 12.3. The molecule has 0 aliphatic carbocycles. The molecule has 0 spiro atoms. The molecule has 1 aromatic heterocycles. The van der Waals surface area contributed by atoms with Crippen molar-refractivity contribution in [2.45, 2.75) is 25.9 Å². The van der Waals surface area contributed by atoms with Crippen LogP contribution >= 0.6 is 0 Å². The summed E-state index contributed by atoms with van der Waals surface area (Å²) in [6, 6.07) is 11.4. The second-order valence-electron chi connectivity index (χ2n) is 7.89. The third-order valence-electron chi connectivity index (χ3n) is 5.50. The zero-order valence-corrected chi connectivity index (χ0v) is 18.1. The lowest BCUT2D eigenvalue weighted by molar-refractivity contribution is 0.0830. The van der Waals surface area contributed by atoms with E-state index >= 15 is 0 Å². The molecule has 1 amide bonds. The van der Waals surface area contributed by atoms with Gasteiger partial charge in [-0.25, -0.2) is 9.78 Å². The zero-order valence-electron chi connectivity index (χ0n) is 18.1. The fourth-order valence-electron chi connectivity index (χ4n) is 3.59. The van der Waals surface area contributed by atoms with E-state index in [1.165, 1.54) is 6.20 Å². The monoisotopic (exact) mass is 437 g/mol. The maximum Gasteiger partial charge on any atom is 0.410 e. The van der Waals surface area contributed by atoms with E-state index in [0.29, 0.717) is 43.5 Å². The molecule has 3 rings (SSSR count). The molecule has 9 nitrogen and oxygen atoms in total. The van der Waals surface area contributed by atoms with Gasteiger partial charge in [0.1, 0.15) is 18.2 Å². The SMILES string of the molecule is NC=C(C=NCC1CCN(C(=O)OCc2ccccc2)CC1)Cc1cc(N)nc(N)c1N. The number of carbonyl (C=O) groups excluding carboxylic acids is 1. The standard InChI is InChI=1S/C23H31N7O2/c24-12-18(10-19-11-20(25)29-22(27)21(19)26)14-28-13-16-6-8-30(9-7-16)23(31)32-15-17-4-2-1-3-5-17/h1-5,11-12,14,16H,6-10,13,15,24,26H2,(H4,25,27,29). The van der Waals surface area contributed by atoms with Gasteiger partial charge in [0.25, 0.3) is 0 Å². The van der Waals surface area contributed by atoms with Crippen LogP contribution in [0.25, 0.3) is 0 Å². The number of benzene rings is 1. The average Bonchev–Trinajstić information content (AvgIpc) is 2.81. The smallest absolute Gasteiger partial charge is 0.410 e. The Morgan fingerprint density at radius 2 is 1.91 bits per heavy atom. The Hall–Kier alpha value is -3.75. The van der Waals surface area contributed by atoms with Crippen molar-refractivity contribution in [3.63, 3.8) is 0 Å². The molecule has 0 atom stereocenters. The van der Waals surface area contributed by atoms with Gasteiger partial charge in [0.15, 0.2) is 0 Å². The largest absolute Gasteiger partial charge is 0.445 e. The second-order valence-corrected chi connectivity index (χ2v) is 7.89. The number of aromatic nitrogens is 1. The Labute approximate surface area is 188 Å². The fraction of sp³-hybridized carbons (Fsp3) is 0.348. The fourth-order valence-corrected chi connectivity index (χ4v) is 3.59. The van der Waals surface area contributed by atoms with Gasteiger partial charge in [-0.15, -0.1) is 0 Å². The van der Waals surface area contributed by atoms with Crippen LogP contribution in [0.5, 0.6) is 0 Å². The van der Waals surface area contributed by atoms with Crippen LogP contribution in [0.1, 0.15) is 24.0 Å². The molecule has 0 unspecified atom stereocenters. The van der Waals surface area contributed by atoms with Crippen LogP contribution in [0.3, 0.4) is 0 Å². The third-order valence-corrected chi connectivity index (χ3v) is 5.50. The number of likely N-dealkylation sites (tertiary alicyclic amines) is 1. The maximum atomic E-state index is 12.3.